The predicted octanol–water partition coefficient (Wildman–Crippen LogP) is 5.06. The fourth-order valence-electron chi connectivity index (χ4n) is 2.68. The molecule has 1 saturated heterocycles. The topological polar surface area (TPSA) is 38.8 Å². The third kappa shape index (κ3) is 5.37. The zero-order chi connectivity index (χ0) is 16.9. The highest BCUT2D eigenvalue weighted by Crippen LogP contribution is 2.35. The third-order valence-electron chi connectivity index (χ3n) is 4.16. The molecule has 2 unspecified atom stereocenters. The van der Waals surface area contributed by atoms with E-state index >= 15 is 0 Å². The van der Waals surface area contributed by atoms with Crippen LogP contribution < -0.4 is 0 Å². The van der Waals surface area contributed by atoms with Crippen molar-refractivity contribution in [2.75, 3.05) is 13.2 Å². The maximum atomic E-state index is 12.0. The van der Waals surface area contributed by atoms with Crippen LogP contribution in [0, 0.1) is 5.92 Å². The van der Waals surface area contributed by atoms with Crippen LogP contribution in [0.25, 0.3) is 0 Å². The van der Waals surface area contributed by atoms with E-state index in [1.54, 1.807) is 6.07 Å². The normalized spacial score (nSPS) is 21.0. The van der Waals surface area contributed by atoms with E-state index in [1.807, 2.05) is 19.1 Å². The second-order valence-corrected chi connectivity index (χ2v) is 7.20. The van der Waals surface area contributed by atoms with Crippen molar-refractivity contribution in [3.63, 3.8) is 0 Å². The molecular weight excluding hydrogens is 335 g/mol. The molecule has 23 heavy (non-hydrogen) atoms. The maximum Gasteiger partial charge on any atom is 0.340 e. The van der Waals surface area contributed by atoms with Crippen molar-refractivity contribution >= 4 is 29.2 Å². The minimum Gasteiger partial charge on any atom is -0.463 e. The highest BCUT2D eigenvalue weighted by molar-refractivity contribution is 6.35. The van der Waals surface area contributed by atoms with Crippen LogP contribution in [0.2, 0.25) is 10.0 Å². The molecule has 1 aromatic rings. The highest BCUT2D eigenvalue weighted by atomic mass is 35.5. The summed E-state index contributed by atoms with van der Waals surface area (Å²) >= 11 is 12.1. The molecule has 5 heteroatoms. The number of esters is 1. The van der Waals surface area contributed by atoms with Crippen LogP contribution in [0.5, 0.6) is 0 Å². The molecule has 1 aliphatic rings. The number of ether oxygens (including phenoxy) is 2. The predicted molar refractivity (Wildman–Crippen MR) is 93.1 cm³/mol. The van der Waals surface area contributed by atoms with Gasteiger partial charge in [-0.2, -0.15) is 0 Å². The summed E-state index contributed by atoms with van der Waals surface area (Å²) in [4.78, 5) is 12.0. The van der Waals surface area contributed by atoms with Crippen molar-refractivity contribution in [1.82, 2.24) is 0 Å². The molecule has 3 nitrogen and oxygen atoms in total. The lowest BCUT2D eigenvalue weighted by molar-refractivity contribution is -0.150. The summed E-state index contributed by atoms with van der Waals surface area (Å²) in [6.45, 7) is 5.14. The Balaban J connectivity index is 1.74. The lowest BCUT2D eigenvalue weighted by Gasteiger charge is -2.15. The van der Waals surface area contributed by atoms with E-state index in [2.05, 4.69) is 6.92 Å². The Morgan fingerprint density at radius 2 is 2.17 bits per heavy atom. The van der Waals surface area contributed by atoms with Crippen LogP contribution >= 0.6 is 23.2 Å². The lowest BCUT2D eigenvalue weighted by Crippen LogP contribution is -2.27. The minimum atomic E-state index is -0.660. The fraction of sp³-hybridized carbons (Fsp3) is 0.611. The van der Waals surface area contributed by atoms with Crippen LogP contribution in [0.15, 0.2) is 18.2 Å². The van der Waals surface area contributed by atoms with E-state index in [0.717, 1.165) is 42.7 Å². The average Bonchev–Trinajstić information content (AvgIpc) is 3.29. The largest absolute Gasteiger partial charge is 0.463 e. The van der Waals surface area contributed by atoms with E-state index < -0.39 is 5.60 Å². The summed E-state index contributed by atoms with van der Waals surface area (Å²) in [7, 11) is 0. The number of rotatable bonds is 9. The third-order valence-corrected chi connectivity index (χ3v) is 4.75. The van der Waals surface area contributed by atoms with Crippen molar-refractivity contribution in [1.29, 1.82) is 0 Å². The summed E-state index contributed by atoms with van der Waals surface area (Å²) in [5.41, 5.74) is 0.454. The van der Waals surface area contributed by atoms with Gasteiger partial charge in [0.05, 0.1) is 13.2 Å². The molecule has 2 atom stereocenters. The second-order valence-electron chi connectivity index (χ2n) is 6.36. The van der Waals surface area contributed by atoms with E-state index in [4.69, 9.17) is 32.7 Å². The summed E-state index contributed by atoms with van der Waals surface area (Å²) in [5, 5.41) is 1.37. The molecule has 0 bridgehead atoms. The molecule has 0 amide bonds. The first kappa shape index (κ1) is 18.6. The standard InChI is InChI=1S/C18H24Cl2O3/c1-3-9-22-17(21)18(12-23-18)8-4-5-13(2)10-14-6-7-15(19)11-16(14)20/h6-7,11,13H,3-5,8-10,12H2,1-2H3. The summed E-state index contributed by atoms with van der Waals surface area (Å²) in [6.07, 6.45) is 4.43. The van der Waals surface area contributed by atoms with Gasteiger partial charge in [-0.1, -0.05) is 49.5 Å². The number of hydrogen-bond donors (Lipinski definition) is 0. The van der Waals surface area contributed by atoms with Crippen molar-refractivity contribution < 1.29 is 14.3 Å². The molecule has 0 radical (unpaired) electrons. The maximum absolute atomic E-state index is 12.0. The Hall–Kier alpha value is -0.770. The number of epoxide rings is 1. The van der Waals surface area contributed by atoms with E-state index in [-0.39, 0.29) is 5.97 Å². The highest BCUT2D eigenvalue weighted by Gasteiger charge is 2.53. The van der Waals surface area contributed by atoms with Gasteiger partial charge in [0.1, 0.15) is 0 Å². The lowest BCUT2D eigenvalue weighted by atomic mass is 9.93. The van der Waals surface area contributed by atoms with Crippen LogP contribution in [0.1, 0.15) is 45.1 Å². The zero-order valence-corrected chi connectivity index (χ0v) is 15.3. The van der Waals surface area contributed by atoms with Gasteiger partial charge in [-0.15, -0.1) is 0 Å². The van der Waals surface area contributed by atoms with Crippen LogP contribution in [-0.2, 0) is 20.7 Å². The van der Waals surface area contributed by atoms with E-state index in [0.29, 0.717) is 24.2 Å². The second kappa shape index (κ2) is 8.36. The van der Waals surface area contributed by atoms with Gasteiger partial charge < -0.3 is 9.47 Å². The monoisotopic (exact) mass is 358 g/mol. The average molecular weight is 359 g/mol. The quantitative estimate of drug-likeness (QED) is 0.457. The van der Waals surface area contributed by atoms with Gasteiger partial charge in [0, 0.05) is 10.0 Å². The van der Waals surface area contributed by atoms with Crippen molar-refractivity contribution in [3.8, 4) is 0 Å². The zero-order valence-electron chi connectivity index (χ0n) is 13.7. The molecule has 0 spiro atoms. The molecule has 1 fully saturated rings. The summed E-state index contributed by atoms with van der Waals surface area (Å²) < 4.78 is 10.6. The molecule has 0 N–H and O–H groups in total. The molecule has 1 aliphatic heterocycles. The van der Waals surface area contributed by atoms with Gasteiger partial charge in [0.15, 0.2) is 5.60 Å². The van der Waals surface area contributed by atoms with Gasteiger partial charge in [-0.05, 0) is 49.3 Å². The van der Waals surface area contributed by atoms with E-state index in [1.165, 1.54) is 0 Å². The Morgan fingerprint density at radius 1 is 1.43 bits per heavy atom. The smallest absolute Gasteiger partial charge is 0.340 e. The van der Waals surface area contributed by atoms with Gasteiger partial charge in [-0.3, -0.25) is 0 Å². The number of carbonyl (C=O) groups excluding carboxylic acids is 1. The number of hydrogen-bond acceptors (Lipinski definition) is 3. The first-order valence-electron chi connectivity index (χ1n) is 8.22. The van der Waals surface area contributed by atoms with Gasteiger partial charge >= 0.3 is 5.97 Å². The SMILES string of the molecule is CCCOC(=O)C1(CCCC(C)Cc2ccc(Cl)cc2Cl)CO1. The molecule has 1 heterocycles. The number of halogens is 2. The van der Waals surface area contributed by atoms with Crippen molar-refractivity contribution in [2.45, 2.75) is 51.6 Å². The molecule has 0 aliphatic carbocycles. The van der Waals surface area contributed by atoms with Crippen LogP contribution in [0.3, 0.4) is 0 Å². The molecular formula is C18H24Cl2O3. The van der Waals surface area contributed by atoms with Crippen LogP contribution in [-0.4, -0.2) is 24.8 Å². The van der Waals surface area contributed by atoms with Gasteiger partial charge in [-0.25, -0.2) is 4.79 Å². The van der Waals surface area contributed by atoms with Crippen molar-refractivity contribution in [3.05, 3.63) is 33.8 Å². The minimum absolute atomic E-state index is 0.201. The van der Waals surface area contributed by atoms with Crippen molar-refractivity contribution in [2.24, 2.45) is 5.92 Å². The van der Waals surface area contributed by atoms with Crippen LogP contribution in [0.4, 0.5) is 0 Å². The molecule has 2 rings (SSSR count). The Bertz CT molecular complexity index is 541. The van der Waals surface area contributed by atoms with Gasteiger partial charge in [0.25, 0.3) is 0 Å². The Kier molecular flexibility index (Phi) is 6.75. The Labute approximate surface area is 148 Å². The first-order valence-corrected chi connectivity index (χ1v) is 8.97. The molecule has 128 valence electrons. The number of benzene rings is 1. The molecule has 1 aromatic carbocycles. The van der Waals surface area contributed by atoms with Gasteiger partial charge in [0.2, 0.25) is 0 Å². The summed E-state index contributed by atoms with van der Waals surface area (Å²) in [5.74, 6) is 0.281. The molecule has 0 aromatic heterocycles. The fourth-order valence-corrected chi connectivity index (χ4v) is 3.16. The Morgan fingerprint density at radius 3 is 2.78 bits per heavy atom. The van der Waals surface area contributed by atoms with E-state index in [9.17, 15) is 4.79 Å². The number of carbonyl (C=O) groups is 1. The summed E-state index contributed by atoms with van der Waals surface area (Å²) in [6, 6.07) is 5.63. The first-order chi connectivity index (χ1) is 11.0. The molecule has 0 saturated carbocycles.